The van der Waals surface area contributed by atoms with Crippen LogP contribution in [0.4, 0.5) is 0 Å². The highest BCUT2D eigenvalue weighted by Crippen LogP contribution is 2.28. The second-order valence-electron chi connectivity index (χ2n) is 4.67. The van der Waals surface area contributed by atoms with E-state index < -0.39 is 15.1 Å². The number of sulfone groups is 1. The summed E-state index contributed by atoms with van der Waals surface area (Å²) in [5.41, 5.74) is 0.904. The maximum atomic E-state index is 11.8. The summed E-state index contributed by atoms with van der Waals surface area (Å²) in [6.45, 7) is 7.25. The van der Waals surface area contributed by atoms with Crippen LogP contribution in [0.3, 0.4) is 0 Å². The lowest BCUT2D eigenvalue weighted by molar-refractivity contribution is 0.462. The van der Waals surface area contributed by atoms with Crippen LogP contribution in [-0.4, -0.2) is 36.2 Å². The molecule has 0 spiro atoms. The van der Waals surface area contributed by atoms with Gasteiger partial charge in [-0.15, -0.1) is 0 Å². The topological polar surface area (TPSA) is 64.0 Å². The molecule has 7 heteroatoms. The van der Waals surface area contributed by atoms with Crippen molar-refractivity contribution >= 4 is 25.8 Å². The summed E-state index contributed by atoms with van der Waals surface area (Å²) in [5.74, 6) is 0. The quantitative estimate of drug-likeness (QED) is 0.817. The molecule has 110 valence electrons. The van der Waals surface area contributed by atoms with Gasteiger partial charge in [0.15, 0.2) is 9.84 Å². The first-order valence-electron chi connectivity index (χ1n) is 6.46. The van der Waals surface area contributed by atoms with Crippen LogP contribution in [0.1, 0.15) is 38.9 Å². The molecule has 1 heterocycles. The lowest BCUT2D eigenvalue weighted by Gasteiger charge is -2.25. The molecule has 2 atom stereocenters. The highest BCUT2D eigenvalue weighted by atomic mass is 79.9. The van der Waals surface area contributed by atoms with E-state index in [1.54, 1.807) is 13.1 Å². The van der Waals surface area contributed by atoms with Gasteiger partial charge in [-0.25, -0.2) is 8.42 Å². The number of nitrogens with zero attached hydrogens (tertiary/aromatic N) is 2. The van der Waals surface area contributed by atoms with Gasteiger partial charge < -0.3 is 5.32 Å². The first kappa shape index (κ1) is 16.7. The van der Waals surface area contributed by atoms with E-state index in [9.17, 15) is 8.42 Å². The average molecular weight is 352 g/mol. The van der Waals surface area contributed by atoms with Gasteiger partial charge in [-0.2, -0.15) is 5.10 Å². The summed E-state index contributed by atoms with van der Waals surface area (Å²) in [4.78, 5) is 0. The molecule has 0 aromatic carbocycles. The van der Waals surface area contributed by atoms with Crippen molar-refractivity contribution in [2.24, 2.45) is 0 Å². The van der Waals surface area contributed by atoms with Crippen molar-refractivity contribution in [3.8, 4) is 0 Å². The largest absolute Gasteiger partial charge is 0.308 e. The third-order valence-electron chi connectivity index (χ3n) is 3.13. The van der Waals surface area contributed by atoms with E-state index in [1.165, 1.54) is 6.26 Å². The monoisotopic (exact) mass is 351 g/mol. The van der Waals surface area contributed by atoms with Crippen molar-refractivity contribution in [3.05, 3.63) is 16.4 Å². The molecule has 2 unspecified atom stereocenters. The molecule has 1 N–H and O–H groups in total. The van der Waals surface area contributed by atoms with Gasteiger partial charge in [0.2, 0.25) is 0 Å². The van der Waals surface area contributed by atoms with Crippen molar-refractivity contribution in [2.75, 3.05) is 12.8 Å². The van der Waals surface area contributed by atoms with Crippen LogP contribution in [0, 0.1) is 0 Å². The fraction of sp³-hybridized carbons (Fsp3) is 0.750. The zero-order valence-corrected chi connectivity index (χ0v) is 14.3. The molecule has 0 aliphatic heterocycles. The molecule has 0 radical (unpaired) electrons. The molecule has 0 amide bonds. The fourth-order valence-corrected chi connectivity index (χ4v) is 3.29. The van der Waals surface area contributed by atoms with Crippen LogP contribution >= 0.6 is 15.9 Å². The first-order chi connectivity index (χ1) is 8.82. The van der Waals surface area contributed by atoms with Crippen LogP contribution in [0.25, 0.3) is 0 Å². The summed E-state index contributed by atoms with van der Waals surface area (Å²) in [5, 5.41) is 7.07. The minimum absolute atomic E-state index is 0.261. The zero-order valence-electron chi connectivity index (χ0n) is 11.9. The van der Waals surface area contributed by atoms with Gasteiger partial charge in [-0.3, -0.25) is 4.68 Å². The molecular weight excluding hydrogens is 330 g/mol. The Morgan fingerprint density at radius 2 is 2.11 bits per heavy atom. The van der Waals surface area contributed by atoms with Crippen LogP contribution < -0.4 is 5.32 Å². The fourth-order valence-electron chi connectivity index (χ4n) is 2.02. The van der Waals surface area contributed by atoms with Crippen molar-refractivity contribution in [2.45, 2.75) is 45.0 Å². The molecule has 5 nitrogen and oxygen atoms in total. The minimum atomic E-state index is -3.12. The molecule has 0 saturated carbocycles. The number of hydrogen-bond donors (Lipinski definition) is 1. The van der Waals surface area contributed by atoms with Gasteiger partial charge in [-0.05, 0) is 35.8 Å². The molecule has 0 fully saturated rings. The van der Waals surface area contributed by atoms with E-state index in [0.29, 0.717) is 6.54 Å². The number of aryl methyl sites for hydroxylation is 1. The average Bonchev–Trinajstić information content (AvgIpc) is 2.66. The second-order valence-corrected chi connectivity index (χ2v) is 7.93. The summed E-state index contributed by atoms with van der Waals surface area (Å²) in [6.07, 6.45) is 3.95. The van der Waals surface area contributed by atoms with Crippen LogP contribution in [0.5, 0.6) is 0 Å². The maximum absolute atomic E-state index is 11.8. The maximum Gasteiger partial charge on any atom is 0.151 e. The third kappa shape index (κ3) is 4.03. The molecule has 0 bridgehead atoms. The SMILES string of the molecule is CCCn1ncc(Br)c1C(NCC)C(C)S(C)(=O)=O. The molecule has 19 heavy (non-hydrogen) atoms. The van der Waals surface area contributed by atoms with E-state index >= 15 is 0 Å². The number of halogens is 1. The lowest BCUT2D eigenvalue weighted by Crippen LogP contribution is -2.36. The van der Waals surface area contributed by atoms with Crippen molar-refractivity contribution in [1.29, 1.82) is 0 Å². The Balaban J connectivity index is 3.22. The number of nitrogens with one attached hydrogen (secondary N) is 1. The Kier molecular flexibility index (Phi) is 6.01. The number of aromatic nitrogens is 2. The summed E-state index contributed by atoms with van der Waals surface area (Å²) in [7, 11) is -3.12. The van der Waals surface area contributed by atoms with E-state index in [-0.39, 0.29) is 6.04 Å². The predicted octanol–water partition coefficient (Wildman–Crippen LogP) is 2.14. The van der Waals surface area contributed by atoms with Gasteiger partial charge in [0.05, 0.1) is 27.7 Å². The number of rotatable bonds is 7. The highest BCUT2D eigenvalue weighted by molar-refractivity contribution is 9.10. The molecule has 0 aliphatic carbocycles. The van der Waals surface area contributed by atoms with Gasteiger partial charge in [0, 0.05) is 12.8 Å². The predicted molar refractivity (Wildman–Crippen MR) is 80.9 cm³/mol. The standard InChI is InChI=1S/C12H22BrN3O2S/c1-5-7-16-12(10(13)8-15-16)11(14-6-2)9(3)19(4,17)18/h8-9,11,14H,5-7H2,1-4H3. The van der Waals surface area contributed by atoms with E-state index in [1.807, 2.05) is 11.6 Å². The molecule has 1 rings (SSSR count). The minimum Gasteiger partial charge on any atom is -0.308 e. The van der Waals surface area contributed by atoms with E-state index in [2.05, 4.69) is 33.3 Å². The van der Waals surface area contributed by atoms with Crippen LogP contribution in [0.2, 0.25) is 0 Å². The summed E-state index contributed by atoms with van der Waals surface area (Å²) in [6, 6.07) is -0.261. The third-order valence-corrected chi connectivity index (χ3v) is 5.37. The first-order valence-corrected chi connectivity index (χ1v) is 9.21. The van der Waals surface area contributed by atoms with Crippen LogP contribution in [0.15, 0.2) is 10.7 Å². The molecular formula is C12H22BrN3O2S. The Hall–Kier alpha value is -0.400. The molecule has 1 aromatic rings. The Labute approximate surface area is 123 Å². The Morgan fingerprint density at radius 1 is 1.47 bits per heavy atom. The summed E-state index contributed by atoms with van der Waals surface area (Å²) >= 11 is 3.47. The molecule has 0 aliphatic rings. The number of hydrogen-bond acceptors (Lipinski definition) is 4. The van der Waals surface area contributed by atoms with Gasteiger partial charge in [-0.1, -0.05) is 13.8 Å². The van der Waals surface area contributed by atoms with E-state index in [0.717, 1.165) is 23.1 Å². The van der Waals surface area contributed by atoms with E-state index in [4.69, 9.17) is 0 Å². The highest BCUT2D eigenvalue weighted by Gasteiger charge is 2.30. The smallest absolute Gasteiger partial charge is 0.151 e. The van der Waals surface area contributed by atoms with Crippen LogP contribution in [-0.2, 0) is 16.4 Å². The summed E-state index contributed by atoms with van der Waals surface area (Å²) < 4.78 is 26.4. The zero-order chi connectivity index (χ0) is 14.6. The second kappa shape index (κ2) is 6.85. The Morgan fingerprint density at radius 3 is 2.58 bits per heavy atom. The lowest BCUT2D eigenvalue weighted by atomic mass is 10.1. The normalized spacial score (nSPS) is 15.4. The van der Waals surface area contributed by atoms with Gasteiger partial charge in [0.1, 0.15) is 0 Å². The molecule has 1 aromatic heterocycles. The molecule has 0 saturated heterocycles. The Bertz CT molecular complexity index is 513. The van der Waals surface area contributed by atoms with Crippen molar-refractivity contribution in [1.82, 2.24) is 15.1 Å². The van der Waals surface area contributed by atoms with Crippen molar-refractivity contribution in [3.63, 3.8) is 0 Å². The van der Waals surface area contributed by atoms with Gasteiger partial charge >= 0.3 is 0 Å². The van der Waals surface area contributed by atoms with Crippen molar-refractivity contribution < 1.29 is 8.42 Å². The van der Waals surface area contributed by atoms with Gasteiger partial charge in [0.25, 0.3) is 0 Å².